The second-order valence-electron chi connectivity index (χ2n) is 6.91. The van der Waals surface area contributed by atoms with Crippen molar-refractivity contribution in [1.82, 2.24) is 30.5 Å². The molecule has 0 radical (unpaired) electrons. The number of aromatic nitrogens is 5. The highest BCUT2D eigenvalue weighted by Crippen LogP contribution is 2.34. The standard InChI is InChI=1S/C16H23N7O3/c1-9-15(20-22-23(9)8-14-17-10(2)26-21-14)19-16(24)18-12-4-3-5-13-11(12)6-7-25-13/h11-13H,3-8H2,1-2H3,(H2,18,19,24). The third-order valence-electron chi connectivity index (χ3n) is 5.17. The molecule has 0 aromatic carbocycles. The molecule has 2 fully saturated rings. The molecule has 3 atom stereocenters. The molecule has 0 bridgehead atoms. The van der Waals surface area contributed by atoms with Gasteiger partial charge >= 0.3 is 6.03 Å². The van der Waals surface area contributed by atoms with Gasteiger partial charge in [-0.1, -0.05) is 10.4 Å². The van der Waals surface area contributed by atoms with E-state index in [0.717, 1.165) is 38.0 Å². The lowest BCUT2D eigenvalue weighted by atomic mass is 9.82. The van der Waals surface area contributed by atoms with Crippen LogP contribution in [0.4, 0.5) is 10.6 Å². The summed E-state index contributed by atoms with van der Waals surface area (Å²) in [4.78, 5) is 16.6. The van der Waals surface area contributed by atoms with Gasteiger partial charge in [0, 0.05) is 25.5 Å². The molecule has 2 N–H and O–H groups in total. The summed E-state index contributed by atoms with van der Waals surface area (Å²) in [6.07, 6.45) is 4.45. The monoisotopic (exact) mass is 361 g/mol. The lowest BCUT2D eigenvalue weighted by molar-refractivity contribution is 0.0553. The fourth-order valence-electron chi connectivity index (χ4n) is 3.83. The molecule has 26 heavy (non-hydrogen) atoms. The van der Waals surface area contributed by atoms with Crippen LogP contribution in [0.1, 0.15) is 43.1 Å². The normalized spacial score (nSPS) is 25.1. The fraction of sp³-hybridized carbons (Fsp3) is 0.688. The van der Waals surface area contributed by atoms with Gasteiger partial charge in [0.05, 0.1) is 11.8 Å². The summed E-state index contributed by atoms with van der Waals surface area (Å²) >= 11 is 0. The molecule has 10 nitrogen and oxygen atoms in total. The van der Waals surface area contributed by atoms with Crippen LogP contribution < -0.4 is 10.6 Å². The Bertz CT molecular complexity index is 787. The predicted molar refractivity (Wildman–Crippen MR) is 90.5 cm³/mol. The van der Waals surface area contributed by atoms with E-state index in [4.69, 9.17) is 9.26 Å². The Hall–Kier alpha value is -2.49. The molecular weight excluding hydrogens is 338 g/mol. The number of carbonyl (C=O) groups excluding carboxylic acids is 1. The van der Waals surface area contributed by atoms with Crippen LogP contribution >= 0.6 is 0 Å². The molecule has 1 saturated carbocycles. The maximum atomic E-state index is 12.4. The van der Waals surface area contributed by atoms with E-state index in [1.54, 1.807) is 11.6 Å². The maximum absolute atomic E-state index is 12.4. The van der Waals surface area contributed by atoms with Crippen LogP contribution in [0.25, 0.3) is 0 Å². The van der Waals surface area contributed by atoms with Crippen LogP contribution in [0.2, 0.25) is 0 Å². The van der Waals surface area contributed by atoms with Gasteiger partial charge in [-0.05, 0) is 32.6 Å². The third kappa shape index (κ3) is 3.41. The Morgan fingerprint density at radius 1 is 1.31 bits per heavy atom. The van der Waals surface area contributed by atoms with Crippen molar-refractivity contribution in [3.05, 3.63) is 17.4 Å². The zero-order valence-corrected chi connectivity index (χ0v) is 14.9. The van der Waals surface area contributed by atoms with Crippen LogP contribution in [0.5, 0.6) is 0 Å². The molecule has 10 heteroatoms. The number of urea groups is 1. The number of amides is 2. The number of ether oxygens (including phenoxy) is 1. The zero-order chi connectivity index (χ0) is 18.1. The van der Waals surface area contributed by atoms with Gasteiger partial charge in [-0.2, -0.15) is 4.98 Å². The summed E-state index contributed by atoms with van der Waals surface area (Å²) in [7, 11) is 0. The zero-order valence-electron chi connectivity index (χ0n) is 14.9. The van der Waals surface area contributed by atoms with E-state index in [0.29, 0.717) is 30.0 Å². The van der Waals surface area contributed by atoms with Gasteiger partial charge in [0.25, 0.3) is 0 Å². The molecule has 1 saturated heterocycles. The van der Waals surface area contributed by atoms with Crippen LogP contribution in [0.3, 0.4) is 0 Å². The summed E-state index contributed by atoms with van der Waals surface area (Å²) in [6.45, 7) is 4.69. The number of carbonyl (C=O) groups is 1. The molecule has 1 aliphatic heterocycles. The third-order valence-corrected chi connectivity index (χ3v) is 5.17. The summed E-state index contributed by atoms with van der Waals surface area (Å²) < 4.78 is 12.3. The SMILES string of the molecule is Cc1nc(Cn2nnc(NC(=O)NC3CCCC4OCCC34)c2C)no1. The van der Waals surface area contributed by atoms with Gasteiger partial charge in [-0.3, -0.25) is 5.32 Å². The topological polar surface area (TPSA) is 120 Å². The Morgan fingerprint density at radius 3 is 3.00 bits per heavy atom. The van der Waals surface area contributed by atoms with Gasteiger partial charge in [-0.15, -0.1) is 5.10 Å². The first-order valence-corrected chi connectivity index (χ1v) is 8.98. The first-order valence-electron chi connectivity index (χ1n) is 8.98. The molecule has 3 unspecified atom stereocenters. The molecule has 0 spiro atoms. The number of aryl methyl sites for hydroxylation is 1. The molecule has 4 rings (SSSR count). The average Bonchev–Trinajstić information content (AvgIpc) is 3.32. The second-order valence-corrected chi connectivity index (χ2v) is 6.91. The number of fused-ring (bicyclic) bond motifs is 1. The maximum Gasteiger partial charge on any atom is 0.320 e. The molecule has 2 amide bonds. The Balaban J connectivity index is 1.37. The molecule has 140 valence electrons. The highest BCUT2D eigenvalue weighted by molar-refractivity contribution is 5.88. The van der Waals surface area contributed by atoms with E-state index in [1.807, 2.05) is 6.92 Å². The van der Waals surface area contributed by atoms with Crippen molar-refractivity contribution in [2.45, 2.75) is 58.2 Å². The van der Waals surface area contributed by atoms with Gasteiger partial charge in [0.2, 0.25) is 5.89 Å². The quantitative estimate of drug-likeness (QED) is 0.844. The highest BCUT2D eigenvalue weighted by Gasteiger charge is 2.38. The van der Waals surface area contributed by atoms with Crippen LogP contribution in [-0.2, 0) is 11.3 Å². The largest absolute Gasteiger partial charge is 0.378 e. The minimum atomic E-state index is -0.256. The van der Waals surface area contributed by atoms with Crippen molar-refractivity contribution >= 4 is 11.8 Å². The number of nitrogens with one attached hydrogen (secondary N) is 2. The summed E-state index contributed by atoms with van der Waals surface area (Å²) in [5.41, 5.74) is 0.730. The van der Waals surface area contributed by atoms with Crippen molar-refractivity contribution < 1.29 is 14.1 Å². The van der Waals surface area contributed by atoms with Crippen molar-refractivity contribution in [3.63, 3.8) is 0 Å². The molecule has 3 heterocycles. The Morgan fingerprint density at radius 2 is 2.19 bits per heavy atom. The van der Waals surface area contributed by atoms with E-state index >= 15 is 0 Å². The second kappa shape index (κ2) is 7.02. The van der Waals surface area contributed by atoms with E-state index < -0.39 is 0 Å². The number of anilines is 1. The Kier molecular flexibility index (Phi) is 4.58. The van der Waals surface area contributed by atoms with Crippen LogP contribution in [-0.4, -0.2) is 49.9 Å². The minimum absolute atomic E-state index is 0.147. The van der Waals surface area contributed by atoms with Crippen LogP contribution in [0, 0.1) is 19.8 Å². The number of nitrogens with zero attached hydrogens (tertiary/aromatic N) is 5. The smallest absolute Gasteiger partial charge is 0.320 e. The average molecular weight is 361 g/mol. The van der Waals surface area contributed by atoms with Crippen molar-refractivity contribution in [2.75, 3.05) is 11.9 Å². The highest BCUT2D eigenvalue weighted by atomic mass is 16.5. The lowest BCUT2D eigenvalue weighted by Crippen LogP contribution is -2.47. The first-order chi connectivity index (χ1) is 12.6. The summed E-state index contributed by atoms with van der Waals surface area (Å²) in [5, 5.41) is 17.8. The molecule has 1 aliphatic carbocycles. The number of hydrogen-bond donors (Lipinski definition) is 2. The molecule has 2 aromatic heterocycles. The number of hydrogen-bond acceptors (Lipinski definition) is 7. The van der Waals surface area contributed by atoms with Gasteiger partial charge < -0.3 is 14.6 Å². The van der Waals surface area contributed by atoms with E-state index in [9.17, 15) is 4.79 Å². The van der Waals surface area contributed by atoms with Crippen molar-refractivity contribution in [3.8, 4) is 0 Å². The summed E-state index contributed by atoms with van der Waals surface area (Å²) in [6, 6.07) is -0.109. The van der Waals surface area contributed by atoms with Gasteiger partial charge in [-0.25, -0.2) is 9.48 Å². The summed E-state index contributed by atoms with van der Waals surface area (Å²) in [5.74, 6) is 1.85. The molecular formula is C16H23N7O3. The number of rotatable bonds is 4. The molecule has 2 aromatic rings. The minimum Gasteiger partial charge on any atom is -0.378 e. The molecule has 2 aliphatic rings. The van der Waals surface area contributed by atoms with E-state index in [1.165, 1.54) is 0 Å². The van der Waals surface area contributed by atoms with E-state index in [-0.39, 0.29) is 18.2 Å². The van der Waals surface area contributed by atoms with Crippen molar-refractivity contribution in [1.29, 1.82) is 0 Å². The van der Waals surface area contributed by atoms with Gasteiger partial charge in [0.15, 0.2) is 11.6 Å². The van der Waals surface area contributed by atoms with E-state index in [2.05, 4.69) is 31.1 Å². The lowest BCUT2D eigenvalue weighted by Gasteiger charge is -2.33. The van der Waals surface area contributed by atoms with Crippen LogP contribution in [0.15, 0.2) is 4.52 Å². The predicted octanol–water partition coefficient (Wildman–Crippen LogP) is 1.41. The van der Waals surface area contributed by atoms with Crippen molar-refractivity contribution in [2.24, 2.45) is 5.92 Å². The van der Waals surface area contributed by atoms with Gasteiger partial charge in [0.1, 0.15) is 6.54 Å². The Labute approximate surface area is 150 Å². The first kappa shape index (κ1) is 17.0. The fourth-order valence-corrected chi connectivity index (χ4v) is 3.83.